The number of halogens is 3. The van der Waals surface area contributed by atoms with Crippen LogP contribution in [0.3, 0.4) is 0 Å². The molecular weight excluding hydrogens is 573 g/mol. The Balaban J connectivity index is 0. The Morgan fingerprint density at radius 3 is 1.53 bits per heavy atom. The molecule has 0 amide bonds. The van der Waals surface area contributed by atoms with Crippen LogP contribution >= 0.6 is 59.4 Å². The van der Waals surface area contributed by atoms with Crippen LogP contribution in [0, 0.1) is 0 Å². The van der Waals surface area contributed by atoms with E-state index in [0.717, 1.165) is 26.1 Å². The van der Waals surface area contributed by atoms with Gasteiger partial charge in [-0.1, -0.05) is 26.7 Å². The monoisotopic (exact) mass is 591 g/mol. The molecule has 0 aromatic rings. The Hall–Kier alpha value is 2.81. The third-order valence-electron chi connectivity index (χ3n) is 1.29. The summed E-state index contributed by atoms with van der Waals surface area (Å²) in [5.41, 5.74) is 0. The van der Waals surface area contributed by atoms with E-state index in [-0.39, 0.29) is 0 Å². The molecule has 0 N–H and O–H groups in total. The molecule has 0 aromatic heterocycles. The first-order valence-corrected chi connectivity index (χ1v) is 19.3. The predicted molar refractivity (Wildman–Crippen MR) is 84.9 cm³/mol. The SMILES string of the molecule is CCCCOSSOCCCC.I[I-]I. The van der Waals surface area contributed by atoms with Crippen LogP contribution in [0.2, 0.25) is 0 Å². The molecule has 0 aliphatic heterocycles. The Morgan fingerprint density at radius 2 is 1.27 bits per heavy atom. The van der Waals surface area contributed by atoms with Crippen LogP contribution in [-0.2, 0) is 8.37 Å². The molecule has 0 saturated heterocycles. The van der Waals surface area contributed by atoms with Gasteiger partial charge in [-0.2, -0.15) is 0 Å². The third-order valence-corrected chi connectivity index (χ3v) is 2.61. The Kier molecular flexibility index (Phi) is 29.6. The molecule has 0 fully saturated rings. The molecular formula is C8H18I3O2S2-. The van der Waals surface area contributed by atoms with E-state index in [2.05, 4.69) is 51.1 Å². The summed E-state index contributed by atoms with van der Waals surface area (Å²) in [6.45, 7) is 5.95. The van der Waals surface area contributed by atoms with E-state index in [1.54, 1.807) is 0 Å². The van der Waals surface area contributed by atoms with Crippen molar-refractivity contribution in [3.05, 3.63) is 0 Å². The van der Waals surface area contributed by atoms with Gasteiger partial charge in [-0.05, 0) is 12.8 Å². The van der Waals surface area contributed by atoms with Crippen LogP contribution < -0.4 is 13.3 Å². The van der Waals surface area contributed by atoms with Crippen molar-refractivity contribution in [1.29, 1.82) is 0 Å². The number of hydrogen-bond acceptors (Lipinski definition) is 4. The van der Waals surface area contributed by atoms with E-state index in [1.165, 1.54) is 35.0 Å². The molecule has 0 unspecified atom stereocenters. The zero-order valence-corrected chi connectivity index (χ0v) is 17.1. The second kappa shape index (κ2) is 22.0. The van der Waals surface area contributed by atoms with E-state index in [0.29, 0.717) is 13.3 Å². The molecule has 0 rings (SSSR count). The van der Waals surface area contributed by atoms with E-state index in [1.807, 2.05) is 0 Å². The molecule has 0 aromatic carbocycles. The summed E-state index contributed by atoms with van der Waals surface area (Å²) in [4.78, 5) is 0. The maximum atomic E-state index is 5.21. The second-order valence-electron chi connectivity index (χ2n) is 2.54. The van der Waals surface area contributed by atoms with Crippen LogP contribution in [0.25, 0.3) is 0 Å². The molecule has 96 valence electrons. The molecule has 0 atom stereocenters. The summed E-state index contributed by atoms with van der Waals surface area (Å²) < 4.78 is 10.4. The summed E-state index contributed by atoms with van der Waals surface area (Å²) >= 11 is 7.98. The topological polar surface area (TPSA) is 18.5 Å². The molecule has 0 heterocycles. The molecule has 7 heteroatoms. The van der Waals surface area contributed by atoms with Crippen LogP contribution in [0.4, 0.5) is 0 Å². The summed E-state index contributed by atoms with van der Waals surface area (Å²) in [6.07, 6.45) is 4.62. The van der Waals surface area contributed by atoms with Crippen LogP contribution in [-0.4, -0.2) is 13.2 Å². The maximum absolute atomic E-state index is 5.21. The predicted octanol–water partition coefficient (Wildman–Crippen LogP) is 2.61. The standard InChI is InChI=1S/C8H18O2S2.I3/c1-3-5-7-9-11-12-10-8-6-4-2;1-3-2/h3-8H2,1-2H3;/q;-1. The van der Waals surface area contributed by atoms with Gasteiger partial charge in [-0.3, -0.25) is 0 Å². The first kappa shape index (κ1) is 20.1. The van der Waals surface area contributed by atoms with E-state index >= 15 is 0 Å². The summed E-state index contributed by atoms with van der Waals surface area (Å²) in [7, 11) is 0. The molecule has 0 spiro atoms. The fourth-order valence-electron chi connectivity index (χ4n) is 0.514. The van der Waals surface area contributed by atoms with E-state index < -0.39 is 0 Å². The van der Waals surface area contributed by atoms with Gasteiger partial charge in [0.15, 0.2) is 0 Å². The minimum atomic E-state index is 0.530. The Labute approximate surface area is 132 Å². The zero-order valence-electron chi connectivity index (χ0n) is 9.01. The zero-order chi connectivity index (χ0) is 11.8. The second-order valence-corrected chi connectivity index (χ2v) is 20.3. The van der Waals surface area contributed by atoms with Gasteiger partial charge in [0.25, 0.3) is 0 Å². The van der Waals surface area contributed by atoms with Gasteiger partial charge < -0.3 is 8.37 Å². The van der Waals surface area contributed by atoms with Gasteiger partial charge >= 0.3 is 50.5 Å². The molecule has 0 aliphatic carbocycles. The van der Waals surface area contributed by atoms with Gasteiger partial charge in [0, 0.05) is 0 Å². The summed E-state index contributed by atoms with van der Waals surface area (Å²) in [5, 5.41) is 0. The van der Waals surface area contributed by atoms with Gasteiger partial charge in [0.05, 0.1) is 35.4 Å². The first-order valence-electron chi connectivity index (χ1n) is 4.78. The molecule has 15 heavy (non-hydrogen) atoms. The van der Waals surface area contributed by atoms with Crippen LogP contribution in [0.1, 0.15) is 39.5 Å². The summed E-state index contributed by atoms with van der Waals surface area (Å²) in [5.74, 6) is 0. The van der Waals surface area contributed by atoms with Crippen molar-refractivity contribution in [2.45, 2.75) is 39.5 Å². The molecule has 0 saturated carbocycles. The summed E-state index contributed by atoms with van der Waals surface area (Å²) in [6, 6.07) is 0. The van der Waals surface area contributed by atoms with Crippen LogP contribution in [0.5, 0.6) is 0 Å². The normalized spacial score (nSPS) is 9.87. The number of rotatable bonds is 9. The molecule has 2 nitrogen and oxygen atoms in total. The van der Waals surface area contributed by atoms with Crippen molar-refractivity contribution in [3.63, 3.8) is 0 Å². The molecule has 0 bridgehead atoms. The average molecular weight is 591 g/mol. The van der Waals surface area contributed by atoms with Gasteiger partial charge in [-0.25, -0.2) is 0 Å². The van der Waals surface area contributed by atoms with Gasteiger partial charge in [-0.15, -0.1) is 0 Å². The van der Waals surface area contributed by atoms with Crippen molar-refractivity contribution in [1.82, 2.24) is 0 Å². The number of unbranched alkanes of at least 4 members (excludes halogenated alkanes) is 2. The Morgan fingerprint density at radius 1 is 0.933 bits per heavy atom. The molecule has 0 radical (unpaired) electrons. The van der Waals surface area contributed by atoms with Gasteiger partial charge in [0.1, 0.15) is 0 Å². The minimum absolute atomic E-state index is 0.530. The Bertz CT molecular complexity index is 92.0. The van der Waals surface area contributed by atoms with Crippen molar-refractivity contribution >= 4 is 59.4 Å². The fraction of sp³-hybridized carbons (Fsp3) is 1.00. The molecule has 0 aliphatic rings. The quantitative estimate of drug-likeness (QED) is 0.178. The average Bonchev–Trinajstić information content (AvgIpc) is 2.23. The van der Waals surface area contributed by atoms with Crippen molar-refractivity contribution < 1.29 is 21.6 Å². The van der Waals surface area contributed by atoms with Crippen molar-refractivity contribution in [2.24, 2.45) is 0 Å². The van der Waals surface area contributed by atoms with E-state index in [9.17, 15) is 0 Å². The first-order chi connectivity index (χ1) is 7.33. The van der Waals surface area contributed by atoms with Crippen molar-refractivity contribution in [2.75, 3.05) is 13.2 Å². The third kappa shape index (κ3) is 26.4. The van der Waals surface area contributed by atoms with E-state index in [4.69, 9.17) is 8.37 Å². The fourth-order valence-corrected chi connectivity index (χ4v) is 1.61. The van der Waals surface area contributed by atoms with Crippen LogP contribution in [0.15, 0.2) is 0 Å². The van der Waals surface area contributed by atoms with Crippen molar-refractivity contribution in [3.8, 4) is 0 Å². The van der Waals surface area contributed by atoms with Gasteiger partial charge in [0.2, 0.25) is 0 Å². The number of hydrogen-bond donors (Lipinski definition) is 0.